The van der Waals surface area contributed by atoms with E-state index in [0.717, 1.165) is 11.5 Å². The number of carbonyl (C=O) groups is 1. The van der Waals surface area contributed by atoms with Crippen LogP contribution >= 0.6 is 7.75 Å². The lowest BCUT2D eigenvalue weighted by Gasteiger charge is -2.28. The van der Waals surface area contributed by atoms with Gasteiger partial charge in [-0.1, -0.05) is 18.2 Å². The number of nitrogen functional groups attached to an aromatic ring is 1. The van der Waals surface area contributed by atoms with Crippen molar-refractivity contribution >= 4 is 36.6 Å². The number of fused-ring (bicyclic) bond motifs is 1. The normalized spacial score (nSPS) is 25.6. The van der Waals surface area contributed by atoms with E-state index in [1.165, 1.54) is 25.4 Å². The van der Waals surface area contributed by atoms with Crippen LogP contribution in [-0.4, -0.2) is 80.1 Å². The Kier molecular flexibility index (Phi) is 9.81. The second-order valence-electron chi connectivity index (χ2n) is 10.7. The second-order valence-corrected chi connectivity index (χ2v) is 12.4. The van der Waals surface area contributed by atoms with Gasteiger partial charge in [-0.05, 0) is 53.7 Å². The van der Waals surface area contributed by atoms with Gasteiger partial charge in [-0.25, -0.2) is 18.3 Å². The zero-order valence-electron chi connectivity index (χ0n) is 25.3. The fraction of sp³-hybridized carbons (Fsp3) is 0.556. The van der Waals surface area contributed by atoms with Gasteiger partial charge in [0.05, 0.1) is 12.4 Å². The zero-order valence-corrected chi connectivity index (χ0v) is 26.2. The Balaban J connectivity index is 1.63. The summed E-state index contributed by atoms with van der Waals surface area (Å²) in [5, 5.41) is 13.3. The lowest BCUT2D eigenvalue weighted by Crippen LogP contribution is -2.47. The molecule has 44 heavy (non-hydrogen) atoms. The van der Waals surface area contributed by atoms with Gasteiger partial charge in [-0.2, -0.15) is 15.1 Å². The van der Waals surface area contributed by atoms with Gasteiger partial charge in [0.25, 0.3) is 5.85 Å². The number of aromatic nitrogens is 4. The molecule has 1 aliphatic rings. The van der Waals surface area contributed by atoms with E-state index in [-0.39, 0.29) is 22.9 Å². The predicted octanol–water partition coefficient (Wildman–Crippen LogP) is 3.67. The third-order valence-corrected chi connectivity index (χ3v) is 8.55. The predicted molar refractivity (Wildman–Crippen MR) is 157 cm³/mol. The third-order valence-electron chi connectivity index (χ3n) is 6.93. The number of hydrogen-bond acceptors (Lipinski definition) is 12. The Hall–Kier alpha value is -3.43. The summed E-state index contributed by atoms with van der Waals surface area (Å²) in [5.74, 6) is -3.70. The first-order chi connectivity index (χ1) is 20.6. The molecule has 0 spiro atoms. The average Bonchev–Trinajstić information content (AvgIpc) is 3.45. The average molecular weight is 642 g/mol. The topological polar surface area (TPSA) is 176 Å². The lowest BCUT2D eigenvalue weighted by molar-refractivity contribution is -0.202. The first-order valence-electron chi connectivity index (χ1n) is 14.1. The van der Waals surface area contributed by atoms with Crippen molar-refractivity contribution in [1.29, 1.82) is 0 Å². The molecule has 0 radical (unpaired) electrons. The molecule has 0 amide bonds. The van der Waals surface area contributed by atoms with E-state index in [1.807, 2.05) is 18.7 Å². The molecule has 1 aliphatic heterocycles. The van der Waals surface area contributed by atoms with Gasteiger partial charge in [0.1, 0.15) is 18.4 Å². The van der Waals surface area contributed by atoms with Crippen LogP contribution in [0.15, 0.2) is 36.7 Å². The Morgan fingerprint density at radius 3 is 2.50 bits per heavy atom. The van der Waals surface area contributed by atoms with Crippen LogP contribution in [0.2, 0.25) is 0 Å². The van der Waals surface area contributed by atoms with Crippen molar-refractivity contribution in [2.45, 2.75) is 77.5 Å². The van der Waals surface area contributed by atoms with Crippen LogP contribution in [0.5, 0.6) is 5.75 Å². The molecular formula is C27H38F2N7O7P. The number of aliphatic hydroxyl groups excluding tert-OH is 1. The first-order valence-corrected chi connectivity index (χ1v) is 15.6. The molecule has 1 saturated heterocycles. The summed E-state index contributed by atoms with van der Waals surface area (Å²) in [7, 11) is -4.57. The summed E-state index contributed by atoms with van der Waals surface area (Å²) in [6.07, 6.45) is -3.54. The van der Waals surface area contributed by atoms with Crippen LogP contribution in [0.25, 0.3) is 11.2 Å². The number of para-hydroxylation sites is 1. The van der Waals surface area contributed by atoms with Crippen molar-refractivity contribution in [1.82, 2.24) is 24.6 Å². The molecule has 4 N–H and O–H groups in total. The summed E-state index contributed by atoms with van der Waals surface area (Å²) in [4.78, 5) is 27.0. The highest BCUT2D eigenvalue weighted by atomic mass is 31.2. The Morgan fingerprint density at radius 2 is 1.89 bits per heavy atom. The number of benzene rings is 1. The van der Waals surface area contributed by atoms with E-state index < -0.39 is 56.3 Å². The third kappa shape index (κ3) is 6.79. The molecule has 3 heterocycles. The van der Waals surface area contributed by atoms with E-state index in [4.69, 9.17) is 24.3 Å². The van der Waals surface area contributed by atoms with Crippen molar-refractivity contribution in [3.05, 3.63) is 36.7 Å². The van der Waals surface area contributed by atoms with Crippen molar-refractivity contribution in [2.75, 3.05) is 30.3 Å². The molecule has 1 unspecified atom stereocenters. The van der Waals surface area contributed by atoms with Crippen LogP contribution in [0, 0.1) is 0 Å². The van der Waals surface area contributed by atoms with Crippen LogP contribution in [0.3, 0.4) is 0 Å². The molecule has 242 valence electrons. The fourth-order valence-electron chi connectivity index (χ4n) is 4.70. The van der Waals surface area contributed by atoms with Crippen LogP contribution < -0.4 is 20.2 Å². The summed E-state index contributed by atoms with van der Waals surface area (Å²) in [6.45, 7) is 9.21. The van der Waals surface area contributed by atoms with Gasteiger partial charge < -0.3 is 29.7 Å². The molecular weight excluding hydrogens is 603 g/mol. The van der Waals surface area contributed by atoms with Gasteiger partial charge in [-0.3, -0.25) is 13.9 Å². The monoisotopic (exact) mass is 641 g/mol. The van der Waals surface area contributed by atoms with Crippen molar-refractivity contribution in [3.8, 4) is 5.75 Å². The van der Waals surface area contributed by atoms with Crippen molar-refractivity contribution in [3.63, 3.8) is 0 Å². The Bertz CT molecular complexity index is 1510. The fourth-order valence-corrected chi connectivity index (χ4v) is 6.21. The van der Waals surface area contributed by atoms with Gasteiger partial charge >= 0.3 is 13.7 Å². The molecule has 0 saturated carbocycles. The molecule has 1 aromatic carbocycles. The lowest BCUT2D eigenvalue weighted by atomic mass is 9.97. The van der Waals surface area contributed by atoms with Crippen LogP contribution in [-0.2, 0) is 23.4 Å². The van der Waals surface area contributed by atoms with Gasteiger partial charge in [0.2, 0.25) is 5.95 Å². The molecule has 17 heteroatoms. The Labute approximate surface area is 253 Å². The number of carbonyl (C=O) groups excluding carboxylic acids is 1. The van der Waals surface area contributed by atoms with E-state index in [9.17, 15) is 14.5 Å². The van der Waals surface area contributed by atoms with E-state index >= 15 is 8.78 Å². The SMILES string of the molecule is CCN(CC)c1nc(N)nc2c1ncn2[C@@H]1O[C@](F)(COP(=O)(N[C@@H](C)C(=O)OC(C)C)Oc2ccccc2)[C@@H](O)[C@@]1(C)F. The number of esters is 1. The smallest absolute Gasteiger partial charge is 0.459 e. The van der Waals surface area contributed by atoms with Crippen molar-refractivity contribution < 1.29 is 41.8 Å². The minimum absolute atomic E-state index is 0.0443. The standard InChI is InChI=1S/C27H38F2N7O7P/c1-7-35(8-2)20-19-21(33-25(30)32-20)36(15-31-19)24-26(6,28)23(38)27(29,42-24)14-40-44(39,43-18-12-10-9-11-13-18)34-17(5)22(37)41-16(3)4/h9-13,15-17,23-24,38H,7-8,14H2,1-6H3,(H,34,39)(H2,30,32,33)/t17-,23-,24+,26+,27+,44?/m0/s1. The number of ether oxygens (including phenoxy) is 2. The van der Waals surface area contributed by atoms with Gasteiger partial charge in [0, 0.05) is 13.1 Å². The molecule has 1 fully saturated rings. The van der Waals surface area contributed by atoms with Gasteiger partial charge in [-0.15, -0.1) is 0 Å². The minimum Gasteiger partial charge on any atom is -0.462 e. The number of nitrogens with two attached hydrogens (primary N) is 1. The quantitative estimate of drug-likeness (QED) is 0.182. The number of hydrogen-bond donors (Lipinski definition) is 3. The molecule has 3 aromatic rings. The number of anilines is 2. The second kappa shape index (κ2) is 12.9. The zero-order chi connectivity index (χ0) is 32.4. The number of nitrogens with one attached hydrogen (secondary N) is 1. The van der Waals surface area contributed by atoms with Crippen LogP contribution in [0.1, 0.15) is 47.8 Å². The highest BCUT2D eigenvalue weighted by Crippen LogP contribution is 2.52. The summed E-state index contributed by atoms with van der Waals surface area (Å²) >= 11 is 0. The molecule has 6 atom stereocenters. The first kappa shape index (κ1) is 33.5. The molecule has 14 nitrogen and oxygen atoms in total. The number of imidazole rings is 1. The largest absolute Gasteiger partial charge is 0.462 e. The molecule has 2 aromatic heterocycles. The molecule has 4 rings (SSSR count). The minimum atomic E-state index is -4.57. The molecule has 0 bridgehead atoms. The van der Waals surface area contributed by atoms with Gasteiger partial charge in [0.15, 0.2) is 35.0 Å². The number of nitrogens with zero attached hydrogens (tertiary/aromatic N) is 5. The maximum Gasteiger partial charge on any atom is 0.459 e. The summed E-state index contributed by atoms with van der Waals surface area (Å²) in [6, 6.07) is 6.55. The number of aliphatic hydroxyl groups is 1. The van der Waals surface area contributed by atoms with Crippen LogP contribution in [0.4, 0.5) is 20.5 Å². The number of halogens is 2. The van der Waals surface area contributed by atoms with Crippen molar-refractivity contribution in [2.24, 2.45) is 0 Å². The summed E-state index contributed by atoms with van der Waals surface area (Å²) < 4.78 is 68.9. The van der Waals surface area contributed by atoms with E-state index in [1.54, 1.807) is 32.0 Å². The number of rotatable bonds is 13. The van der Waals surface area contributed by atoms with E-state index in [0.29, 0.717) is 18.9 Å². The highest BCUT2D eigenvalue weighted by molar-refractivity contribution is 7.52. The Morgan fingerprint density at radius 1 is 1.23 bits per heavy atom. The summed E-state index contributed by atoms with van der Waals surface area (Å²) in [5.41, 5.74) is 3.47. The number of alkyl halides is 2. The maximum atomic E-state index is 16.3. The maximum absolute atomic E-state index is 16.3. The highest BCUT2D eigenvalue weighted by Gasteiger charge is 2.65. The molecule has 0 aliphatic carbocycles. The van der Waals surface area contributed by atoms with E-state index in [2.05, 4.69) is 20.0 Å².